The molecule has 2 atom stereocenters. The van der Waals surface area contributed by atoms with Crippen LogP contribution in [0.4, 0.5) is 4.39 Å². The largest absolute Gasteiger partial charge is 0.331 e. The van der Waals surface area contributed by atoms with Crippen molar-refractivity contribution in [1.29, 1.82) is 0 Å². The number of nitrogens with one attached hydrogen (secondary N) is 1. The van der Waals surface area contributed by atoms with E-state index in [4.69, 9.17) is 0 Å². The molecule has 138 valence electrons. The molecule has 1 aromatic carbocycles. The molecule has 4 rings (SSSR count). The van der Waals surface area contributed by atoms with E-state index in [1.165, 1.54) is 17.7 Å². The van der Waals surface area contributed by atoms with Crippen molar-refractivity contribution in [1.82, 2.24) is 15.1 Å². The summed E-state index contributed by atoms with van der Waals surface area (Å²) in [5.74, 6) is 0.251. The van der Waals surface area contributed by atoms with Crippen molar-refractivity contribution in [2.24, 2.45) is 0 Å². The van der Waals surface area contributed by atoms with Crippen LogP contribution in [0.3, 0.4) is 0 Å². The number of halogens is 1. The normalized spacial score (nSPS) is 25.5. The van der Waals surface area contributed by atoms with E-state index in [1.54, 1.807) is 0 Å². The van der Waals surface area contributed by atoms with Crippen LogP contribution >= 0.6 is 0 Å². The molecule has 0 saturated carbocycles. The van der Waals surface area contributed by atoms with Crippen molar-refractivity contribution in [3.63, 3.8) is 0 Å². The number of hydrogen-bond acceptors (Lipinski definition) is 2. The van der Waals surface area contributed by atoms with Gasteiger partial charge in [0.15, 0.2) is 0 Å². The van der Waals surface area contributed by atoms with E-state index in [1.807, 2.05) is 18.2 Å². The van der Waals surface area contributed by atoms with Gasteiger partial charge in [0.05, 0.1) is 0 Å². The fraction of sp³-hybridized carbons (Fsp3) is 0.524. The minimum Gasteiger partial charge on any atom is -0.331 e. The van der Waals surface area contributed by atoms with E-state index in [0.717, 1.165) is 31.4 Å². The molecule has 3 heterocycles. The third-order valence-corrected chi connectivity index (χ3v) is 5.91. The van der Waals surface area contributed by atoms with Gasteiger partial charge in [0.1, 0.15) is 11.5 Å². The number of H-pyrrole nitrogens is 1. The summed E-state index contributed by atoms with van der Waals surface area (Å²) in [6.07, 6.45) is 3.99. The van der Waals surface area contributed by atoms with Crippen molar-refractivity contribution in [2.75, 3.05) is 0 Å². The lowest BCUT2D eigenvalue weighted by molar-refractivity contribution is 0.0565. The highest BCUT2D eigenvalue weighted by molar-refractivity contribution is 5.93. The van der Waals surface area contributed by atoms with Crippen LogP contribution in [0.5, 0.6) is 0 Å². The monoisotopic (exact) mass is 355 g/mol. The number of amides is 1. The minimum absolute atomic E-state index is 0.0433. The number of aromatic nitrogens is 2. The quantitative estimate of drug-likeness (QED) is 0.868. The number of fused-ring (bicyclic) bond motifs is 2. The van der Waals surface area contributed by atoms with Gasteiger partial charge < -0.3 is 4.90 Å². The molecule has 5 heteroatoms. The minimum atomic E-state index is -0.197. The van der Waals surface area contributed by atoms with E-state index in [9.17, 15) is 9.18 Å². The van der Waals surface area contributed by atoms with Crippen molar-refractivity contribution in [2.45, 2.75) is 69.9 Å². The molecule has 1 amide bonds. The number of carbonyl (C=O) groups is 1. The Kier molecular flexibility index (Phi) is 4.13. The SMILES string of the molecule is CC(C)(C)c1cc(C(=O)N2[C@@H]3CC[C@@H]2CC(c2ccc(F)cc2)C3)n[nH]1. The van der Waals surface area contributed by atoms with E-state index in [0.29, 0.717) is 11.6 Å². The van der Waals surface area contributed by atoms with E-state index < -0.39 is 0 Å². The highest BCUT2D eigenvalue weighted by Crippen LogP contribution is 2.43. The van der Waals surface area contributed by atoms with E-state index in [-0.39, 0.29) is 29.2 Å². The zero-order valence-electron chi connectivity index (χ0n) is 15.6. The summed E-state index contributed by atoms with van der Waals surface area (Å²) >= 11 is 0. The van der Waals surface area contributed by atoms with Gasteiger partial charge in [-0.05, 0) is 55.4 Å². The van der Waals surface area contributed by atoms with Gasteiger partial charge in [-0.1, -0.05) is 32.9 Å². The smallest absolute Gasteiger partial charge is 0.274 e. The Hall–Kier alpha value is -2.17. The zero-order chi connectivity index (χ0) is 18.5. The standard InChI is InChI=1S/C21H26FN3O/c1-21(2,3)19-12-18(23-24-19)20(26)25-16-8-9-17(25)11-14(10-16)13-4-6-15(22)7-5-13/h4-7,12,14,16-17H,8-11H2,1-3H3,(H,23,24)/t16-,17-/m1/s1. The zero-order valence-corrected chi connectivity index (χ0v) is 15.6. The highest BCUT2D eigenvalue weighted by Gasteiger charge is 2.44. The molecule has 26 heavy (non-hydrogen) atoms. The molecule has 2 bridgehead atoms. The second-order valence-corrected chi connectivity index (χ2v) is 8.73. The predicted molar refractivity (Wildman–Crippen MR) is 98.6 cm³/mol. The van der Waals surface area contributed by atoms with Gasteiger partial charge in [-0.3, -0.25) is 9.89 Å². The molecule has 0 aliphatic carbocycles. The summed E-state index contributed by atoms with van der Waals surface area (Å²) in [5, 5.41) is 7.31. The number of hydrogen-bond donors (Lipinski definition) is 1. The Morgan fingerprint density at radius 3 is 2.31 bits per heavy atom. The number of nitrogens with zero attached hydrogens (tertiary/aromatic N) is 2. The molecule has 2 aromatic rings. The van der Waals surface area contributed by atoms with Gasteiger partial charge in [0.2, 0.25) is 0 Å². The number of benzene rings is 1. The summed E-state index contributed by atoms with van der Waals surface area (Å²) in [4.78, 5) is 15.1. The summed E-state index contributed by atoms with van der Waals surface area (Å²) in [6, 6.07) is 9.25. The molecule has 2 saturated heterocycles. The maximum Gasteiger partial charge on any atom is 0.274 e. The van der Waals surface area contributed by atoms with Gasteiger partial charge in [0.25, 0.3) is 5.91 Å². The van der Waals surface area contributed by atoms with Gasteiger partial charge in [-0.2, -0.15) is 5.10 Å². The maximum atomic E-state index is 13.2. The highest BCUT2D eigenvalue weighted by atomic mass is 19.1. The van der Waals surface area contributed by atoms with Gasteiger partial charge in [-0.15, -0.1) is 0 Å². The molecular weight excluding hydrogens is 329 g/mol. The second-order valence-electron chi connectivity index (χ2n) is 8.73. The molecule has 4 nitrogen and oxygen atoms in total. The van der Waals surface area contributed by atoms with Crippen LogP contribution < -0.4 is 0 Å². The molecule has 0 radical (unpaired) electrons. The van der Waals surface area contributed by atoms with Crippen LogP contribution in [0, 0.1) is 5.82 Å². The topological polar surface area (TPSA) is 49.0 Å². The lowest BCUT2D eigenvalue weighted by atomic mass is 9.85. The first-order valence-corrected chi connectivity index (χ1v) is 9.47. The molecular formula is C21H26FN3O. The van der Waals surface area contributed by atoms with Crippen LogP contribution in [0.25, 0.3) is 0 Å². The van der Waals surface area contributed by atoms with Crippen molar-refractivity contribution in [3.05, 3.63) is 53.1 Å². The van der Waals surface area contributed by atoms with Crippen LogP contribution in [0.15, 0.2) is 30.3 Å². The van der Waals surface area contributed by atoms with Crippen LogP contribution in [-0.4, -0.2) is 33.1 Å². The van der Waals surface area contributed by atoms with E-state index in [2.05, 4.69) is 35.9 Å². The van der Waals surface area contributed by atoms with Crippen LogP contribution in [0.1, 0.15) is 74.1 Å². The maximum absolute atomic E-state index is 13.2. The third kappa shape index (κ3) is 3.04. The molecule has 2 aliphatic heterocycles. The number of aromatic amines is 1. The van der Waals surface area contributed by atoms with Gasteiger partial charge in [0, 0.05) is 23.2 Å². The van der Waals surface area contributed by atoms with Crippen LogP contribution in [0.2, 0.25) is 0 Å². The summed E-state index contributed by atoms with van der Waals surface area (Å²) in [5.41, 5.74) is 2.63. The summed E-state index contributed by atoms with van der Waals surface area (Å²) in [6.45, 7) is 6.31. The molecule has 0 unspecified atom stereocenters. The second kappa shape index (κ2) is 6.22. The first kappa shape index (κ1) is 17.3. The van der Waals surface area contributed by atoms with Crippen molar-refractivity contribution in [3.8, 4) is 0 Å². The Morgan fingerprint density at radius 1 is 1.15 bits per heavy atom. The fourth-order valence-corrected chi connectivity index (χ4v) is 4.46. The molecule has 2 fully saturated rings. The first-order chi connectivity index (χ1) is 12.3. The molecule has 2 aliphatic rings. The molecule has 1 aromatic heterocycles. The van der Waals surface area contributed by atoms with Crippen LogP contribution in [-0.2, 0) is 5.41 Å². The Morgan fingerprint density at radius 2 is 1.77 bits per heavy atom. The lowest BCUT2D eigenvalue weighted by Gasteiger charge is -2.39. The van der Waals surface area contributed by atoms with E-state index >= 15 is 0 Å². The fourth-order valence-electron chi connectivity index (χ4n) is 4.46. The van der Waals surface area contributed by atoms with Crippen molar-refractivity contribution < 1.29 is 9.18 Å². The average Bonchev–Trinajstić information content (AvgIpc) is 3.18. The average molecular weight is 355 g/mol. The summed E-state index contributed by atoms with van der Waals surface area (Å²) in [7, 11) is 0. The first-order valence-electron chi connectivity index (χ1n) is 9.47. The summed E-state index contributed by atoms with van der Waals surface area (Å²) < 4.78 is 13.2. The number of carbonyl (C=O) groups excluding carboxylic acids is 1. The lowest BCUT2D eigenvalue weighted by Crippen LogP contribution is -2.46. The predicted octanol–water partition coefficient (Wildman–Crippen LogP) is 4.40. The number of piperidine rings is 1. The van der Waals surface area contributed by atoms with Gasteiger partial charge >= 0.3 is 0 Å². The molecule has 1 N–H and O–H groups in total. The Labute approximate surface area is 153 Å². The van der Waals surface area contributed by atoms with Gasteiger partial charge in [-0.25, -0.2) is 4.39 Å². The molecule has 0 spiro atoms. The van der Waals surface area contributed by atoms with Crippen molar-refractivity contribution >= 4 is 5.91 Å². The number of rotatable bonds is 2. The third-order valence-electron chi connectivity index (χ3n) is 5.91. The Bertz CT molecular complexity index is 791. The Balaban J connectivity index is 1.52.